The van der Waals surface area contributed by atoms with Crippen LogP contribution in [0.1, 0.15) is 11.1 Å². The van der Waals surface area contributed by atoms with Crippen LogP contribution in [0, 0.1) is 13.8 Å². The van der Waals surface area contributed by atoms with Gasteiger partial charge in [-0.25, -0.2) is 0 Å². The number of nitrogens with one attached hydrogen (secondary N) is 2. The number of halogens is 1. The van der Waals surface area contributed by atoms with Crippen LogP contribution in [0.4, 0.5) is 23.1 Å². The summed E-state index contributed by atoms with van der Waals surface area (Å²) in [4.78, 5) is 4.45. The first-order valence-electron chi connectivity index (χ1n) is 7.17. The van der Waals surface area contributed by atoms with Crippen LogP contribution >= 0.6 is 15.9 Å². The zero-order valence-electron chi connectivity index (χ0n) is 12.8. The Labute approximate surface area is 143 Å². The number of anilines is 4. The van der Waals surface area contributed by atoms with Crippen molar-refractivity contribution in [1.29, 1.82) is 0 Å². The first kappa shape index (κ1) is 15.4. The number of rotatable bonds is 4. The van der Waals surface area contributed by atoms with E-state index in [-0.39, 0.29) is 0 Å². The molecule has 0 unspecified atom stereocenters. The summed E-state index contributed by atoms with van der Waals surface area (Å²) in [5.41, 5.74) is 4.20. The van der Waals surface area contributed by atoms with E-state index >= 15 is 0 Å². The van der Waals surface area contributed by atoms with Crippen LogP contribution in [0.25, 0.3) is 0 Å². The van der Waals surface area contributed by atoms with Crippen LogP contribution in [0.2, 0.25) is 0 Å². The molecule has 2 aromatic carbocycles. The summed E-state index contributed by atoms with van der Waals surface area (Å²) in [5, 5.41) is 14.5. The van der Waals surface area contributed by atoms with Crippen molar-refractivity contribution < 1.29 is 0 Å². The standard InChI is InChI=1S/C17H16BrN5/c1-11-7-8-15(13(18)9-11)20-16-10-19-23-17(22-16)21-14-6-4-3-5-12(14)2/h3-10H,1-2H3,(H2,20,21,22,23). The van der Waals surface area contributed by atoms with E-state index in [2.05, 4.69) is 41.7 Å². The van der Waals surface area contributed by atoms with Crippen molar-refractivity contribution in [3.63, 3.8) is 0 Å². The molecule has 0 saturated heterocycles. The molecule has 0 amide bonds. The lowest BCUT2D eigenvalue weighted by Gasteiger charge is -2.10. The number of para-hydroxylation sites is 1. The Morgan fingerprint density at radius 1 is 0.957 bits per heavy atom. The molecule has 0 aliphatic carbocycles. The van der Waals surface area contributed by atoms with Crippen molar-refractivity contribution in [2.24, 2.45) is 0 Å². The predicted molar refractivity (Wildman–Crippen MR) is 96.5 cm³/mol. The van der Waals surface area contributed by atoms with Gasteiger partial charge >= 0.3 is 0 Å². The highest BCUT2D eigenvalue weighted by molar-refractivity contribution is 9.10. The van der Waals surface area contributed by atoms with Gasteiger partial charge in [-0.2, -0.15) is 10.1 Å². The van der Waals surface area contributed by atoms with Gasteiger partial charge in [-0.05, 0) is 59.1 Å². The van der Waals surface area contributed by atoms with Crippen molar-refractivity contribution in [2.45, 2.75) is 13.8 Å². The molecule has 0 aliphatic heterocycles. The van der Waals surface area contributed by atoms with Gasteiger partial charge in [-0.15, -0.1) is 5.10 Å². The number of aromatic nitrogens is 3. The highest BCUT2D eigenvalue weighted by atomic mass is 79.9. The van der Waals surface area contributed by atoms with Gasteiger partial charge in [0.15, 0.2) is 5.82 Å². The fraction of sp³-hybridized carbons (Fsp3) is 0.118. The number of hydrogen-bond donors (Lipinski definition) is 2. The van der Waals surface area contributed by atoms with E-state index in [1.165, 1.54) is 5.56 Å². The lowest BCUT2D eigenvalue weighted by molar-refractivity contribution is 0.981. The van der Waals surface area contributed by atoms with Crippen LogP contribution in [0.3, 0.4) is 0 Å². The molecule has 1 aromatic heterocycles. The molecule has 0 aliphatic rings. The van der Waals surface area contributed by atoms with E-state index in [4.69, 9.17) is 0 Å². The van der Waals surface area contributed by atoms with E-state index in [9.17, 15) is 0 Å². The lowest BCUT2D eigenvalue weighted by Crippen LogP contribution is -2.03. The van der Waals surface area contributed by atoms with Gasteiger partial charge in [0.2, 0.25) is 5.95 Å². The van der Waals surface area contributed by atoms with E-state index in [0.717, 1.165) is 21.4 Å². The summed E-state index contributed by atoms with van der Waals surface area (Å²) in [6, 6.07) is 14.0. The van der Waals surface area contributed by atoms with Crippen molar-refractivity contribution in [3.8, 4) is 0 Å². The van der Waals surface area contributed by atoms with Gasteiger partial charge in [-0.3, -0.25) is 0 Å². The van der Waals surface area contributed by atoms with Crippen molar-refractivity contribution >= 4 is 39.1 Å². The van der Waals surface area contributed by atoms with Crippen molar-refractivity contribution in [3.05, 3.63) is 64.3 Å². The van der Waals surface area contributed by atoms with Crippen LogP contribution in [0.5, 0.6) is 0 Å². The molecule has 116 valence electrons. The van der Waals surface area contributed by atoms with Crippen LogP contribution in [0.15, 0.2) is 53.1 Å². The Morgan fingerprint density at radius 3 is 2.57 bits per heavy atom. The second-order valence-electron chi connectivity index (χ2n) is 5.21. The minimum atomic E-state index is 0.451. The quantitative estimate of drug-likeness (QED) is 0.695. The molecule has 0 spiro atoms. The molecule has 2 N–H and O–H groups in total. The molecular weight excluding hydrogens is 354 g/mol. The van der Waals surface area contributed by atoms with E-state index in [0.29, 0.717) is 11.8 Å². The molecule has 5 nitrogen and oxygen atoms in total. The Kier molecular flexibility index (Phi) is 4.52. The Morgan fingerprint density at radius 2 is 1.78 bits per heavy atom. The van der Waals surface area contributed by atoms with Gasteiger partial charge in [0.25, 0.3) is 0 Å². The average molecular weight is 370 g/mol. The summed E-state index contributed by atoms with van der Waals surface area (Å²) in [6.07, 6.45) is 1.59. The third-order valence-electron chi connectivity index (χ3n) is 3.34. The molecule has 0 saturated carbocycles. The normalized spacial score (nSPS) is 10.4. The van der Waals surface area contributed by atoms with E-state index in [1.807, 2.05) is 56.3 Å². The minimum absolute atomic E-state index is 0.451. The monoisotopic (exact) mass is 369 g/mol. The van der Waals surface area contributed by atoms with Crippen LogP contribution in [-0.2, 0) is 0 Å². The molecule has 3 aromatic rings. The predicted octanol–water partition coefficient (Wildman–Crippen LogP) is 4.74. The second-order valence-corrected chi connectivity index (χ2v) is 6.07. The maximum absolute atomic E-state index is 4.45. The molecular formula is C17H16BrN5. The first-order valence-corrected chi connectivity index (χ1v) is 7.97. The average Bonchev–Trinajstić information content (AvgIpc) is 2.53. The van der Waals surface area contributed by atoms with E-state index in [1.54, 1.807) is 6.20 Å². The molecule has 23 heavy (non-hydrogen) atoms. The van der Waals surface area contributed by atoms with E-state index < -0.39 is 0 Å². The van der Waals surface area contributed by atoms with Gasteiger partial charge in [0.1, 0.15) is 0 Å². The summed E-state index contributed by atoms with van der Waals surface area (Å²) >= 11 is 3.54. The Bertz CT molecular complexity index is 835. The fourth-order valence-electron chi connectivity index (χ4n) is 2.11. The number of nitrogens with zero attached hydrogens (tertiary/aromatic N) is 3. The SMILES string of the molecule is Cc1ccc(Nc2cnnc(Nc3ccccc3C)n2)c(Br)c1. The third-order valence-corrected chi connectivity index (χ3v) is 3.99. The highest BCUT2D eigenvalue weighted by Gasteiger charge is 2.05. The summed E-state index contributed by atoms with van der Waals surface area (Å²) in [6.45, 7) is 4.08. The van der Waals surface area contributed by atoms with Gasteiger partial charge in [-0.1, -0.05) is 24.3 Å². The molecule has 3 rings (SSSR count). The fourth-order valence-corrected chi connectivity index (χ4v) is 2.70. The number of hydrogen-bond acceptors (Lipinski definition) is 5. The maximum atomic E-state index is 4.45. The summed E-state index contributed by atoms with van der Waals surface area (Å²) < 4.78 is 0.976. The van der Waals surface area contributed by atoms with Gasteiger partial charge < -0.3 is 10.6 Å². The molecule has 0 radical (unpaired) electrons. The molecule has 0 atom stereocenters. The molecule has 6 heteroatoms. The van der Waals surface area contributed by atoms with Crippen LogP contribution < -0.4 is 10.6 Å². The van der Waals surface area contributed by atoms with Crippen LogP contribution in [-0.4, -0.2) is 15.2 Å². The zero-order chi connectivity index (χ0) is 16.2. The van der Waals surface area contributed by atoms with Gasteiger partial charge in [0, 0.05) is 10.2 Å². The Hall–Kier alpha value is -2.47. The van der Waals surface area contributed by atoms with Gasteiger partial charge in [0.05, 0.1) is 11.9 Å². The molecule has 0 fully saturated rings. The maximum Gasteiger partial charge on any atom is 0.249 e. The second kappa shape index (κ2) is 6.75. The lowest BCUT2D eigenvalue weighted by atomic mass is 10.2. The topological polar surface area (TPSA) is 62.7 Å². The Balaban J connectivity index is 1.81. The molecule has 1 heterocycles. The van der Waals surface area contributed by atoms with Crippen molar-refractivity contribution in [1.82, 2.24) is 15.2 Å². The highest BCUT2D eigenvalue weighted by Crippen LogP contribution is 2.26. The summed E-state index contributed by atoms with van der Waals surface area (Å²) in [7, 11) is 0. The minimum Gasteiger partial charge on any atom is -0.338 e. The summed E-state index contributed by atoms with van der Waals surface area (Å²) in [5.74, 6) is 1.08. The number of benzene rings is 2. The zero-order valence-corrected chi connectivity index (χ0v) is 14.4. The molecule has 0 bridgehead atoms. The largest absolute Gasteiger partial charge is 0.338 e. The smallest absolute Gasteiger partial charge is 0.249 e. The first-order chi connectivity index (χ1) is 11.1. The third kappa shape index (κ3) is 3.84. The number of aryl methyl sites for hydroxylation is 2. The van der Waals surface area contributed by atoms with Crippen molar-refractivity contribution in [2.75, 3.05) is 10.6 Å².